The minimum atomic E-state index is -2.85. The fraction of sp³-hybridized carbons (Fsp3) is 0.867. The number of halogens is 2. The quantitative estimate of drug-likeness (QED) is 0.688. The number of nitrogens with zero attached hydrogens (tertiary/aromatic N) is 1. The number of hydrogen-bond acceptors (Lipinski definition) is 3. The number of likely N-dealkylation sites (tertiary alicyclic amines) is 1. The van der Waals surface area contributed by atoms with Crippen LogP contribution in [0.3, 0.4) is 0 Å². The smallest absolute Gasteiger partial charge is 0.417 e. The van der Waals surface area contributed by atoms with E-state index in [4.69, 9.17) is 4.74 Å². The highest BCUT2D eigenvalue weighted by atomic mass is 19.3. The van der Waals surface area contributed by atoms with Crippen LogP contribution in [0.15, 0.2) is 0 Å². The fourth-order valence-corrected chi connectivity index (χ4v) is 3.33. The van der Waals surface area contributed by atoms with Crippen molar-refractivity contribution < 1.29 is 23.1 Å². The van der Waals surface area contributed by atoms with E-state index >= 15 is 0 Å². The number of fused-ring (bicyclic) bond motifs is 1. The van der Waals surface area contributed by atoms with Gasteiger partial charge in [-0.15, -0.1) is 0 Å². The van der Waals surface area contributed by atoms with Gasteiger partial charge >= 0.3 is 6.09 Å². The summed E-state index contributed by atoms with van der Waals surface area (Å²) in [6.45, 7) is 8.37. The first-order valence-corrected chi connectivity index (χ1v) is 7.38. The Labute approximate surface area is 123 Å². The molecule has 4 atom stereocenters. The molecular formula is C15H23F2NO3. The molecule has 0 N–H and O–H groups in total. The Morgan fingerprint density at radius 2 is 1.90 bits per heavy atom. The summed E-state index contributed by atoms with van der Waals surface area (Å²) >= 11 is 0. The van der Waals surface area contributed by atoms with E-state index in [1.54, 1.807) is 27.7 Å². The van der Waals surface area contributed by atoms with Gasteiger partial charge < -0.3 is 4.74 Å². The monoisotopic (exact) mass is 303 g/mol. The second-order valence-corrected chi connectivity index (χ2v) is 7.30. The molecule has 1 saturated carbocycles. The van der Waals surface area contributed by atoms with Crippen LogP contribution in [0, 0.1) is 17.8 Å². The van der Waals surface area contributed by atoms with Crippen LogP contribution in [-0.2, 0) is 9.53 Å². The zero-order valence-electron chi connectivity index (χ0n) is 13.2. The van der Waals surface area contributed by atoms with Gasteiger partial charge in [-0.1, -0.05) is 6.92 Å². The lowest BCUT2D eigenvalue weighted by Crippen LogP contribution is -2.42. The van der Waals surface area contributed by atoms with E-state index in [2.05, 4.69) is 0 Å². The molecule has 2 rings (SSSR count). The molecule has 2 aliphatic rings. The van der Waals surface area contributed by atoms with Crippen LogP contribution in [0.5, 0.6) is 0 Å². The Morgan fingerprint density at radius 3 is 2.43 bits per heavy atom. The SMILES string of the molecule is C[C@@H]1[C@H]2C[C@H](C)C(F)(F)C[C@H]2C(=O)N1C(=O)OC(C)(C)C. The molecule has 4 nitrogen and oxygen atoms in total. The van der Waals surface area contributed by atoms with Gasteiger partial charge in [0.05, 0.1) is 0 Å². The van der Waals surface area contributed by atoms with Gasteiger partial charge in [0.15, 0.2) is 0 Å². The van der Waals surface area contributed by atoms with E-state index in [1.165, 1.54) is 6.92 Å². The Bertz CT molecular complexity index is 458. The van der Waals surface area contributed by atoms with E-state index in [9.17, 15) is 18.4 Å². The predicted octanol–water partition coefficient (Wildman–Crippen LogP) is 3.45. The molecule has 1 saturated heterocycles. The second-order valence-electron chi connectivity index (χ2n) is 7.30. The van der Waals surface area contributed by atoms with Crippen LogP contribution in [0.2, 0.25) is 0 Å². The van der Waals surface area contributed by atoms with Gasteiger partial charge in [0, 0.05) is 24.3 Å². The molecule has 120 valence electrons. The number of imide groups is 1. The molecule has 0 aromatic heterocycles. The minimum Gasteiger partial charge on any atom is -0.443 e. The first-order chi connectivity index (χ1) is 9.44. The highest BCUT2D eigenvalue weighted by molar-refractivity contribution is 5.96. The van der Waals surface area contributed by atoms with Crippen LogP contribution >= 0.6 is 0 Å². The van der Waals surface area contributed by atoms with Crippen molar-refractivity contribution in [2.45, 2.75) is 65.0 Å². The molecule has 0 radical (unpaired) electrons. The van der Waals surface area contributed by atoms with Gasteiger partial charge in [-0.25, -0.2) is 18.5 Å². The zero-order valence-corrected chi connectivity index (χ0v) is 13.2. The summed E-state index contributed by atoms with van der Waals surface area (Å²) in [4.78, 5) is 25.6. The zero-order chi connectivity index (χ0) is 16.2. The first-order valence-electron chi connectivity index (χ1n) is 7.38. The van der Waals surface area contributed by atoms with Crippen molar-refractivity contribution in [3.8, 4) is 0 Å². The molecule has 1 aliphatic carbocycles. The lowest BCUT2D eigenvalue weighted by Gasteiger charge is -2.36. The Kier molecular flexibility index (Phi) is 3.79. The molecule has 2 fully saturated rings. The highest BCUT2D eigenvalue weighted by Crippen LogP contribution is 2.49. The number of carbonyl (C=O) groups excluding carboxylic acids is 2. The van der Waals surface area contributed by atoms with Gasteiger partial charge in [-0.05, 0) is 40.0 Å². The molecule has 2 amide bonds. The van der Waals surface area contributed by atoms with Crippen molar-refractivity contribution in [3.63, 3.8) is 0 Å². The maximum absolute atomic E-state index is 13.8. The normalized spacial score (nSPS) is 35.6. The maximum atomic E-state index is 13.8. The Hall–Kier alpha value is -1.20. The van der Waals surface area contributed by atoms with Crippen molar-refractivity contribution in [2.75, 3.05) is 0 Å². The molecule has 0 aromatic carbocycles. The molecule has 0 spiro atoms. The predicted molar refractivity (Wildman–Crippen MR) is 72.9 cm³/mol. The molecule has 0 unspecified atom stereocenters. The van der Waals surface area contributed by atoms with Crippen molar-refractivity contribution in [1.82, 2.24) is 4.90 Å². The van der Waals surface area contributed by atoms with E-state index < -0.39 is 47.8 Å². The van der Waals surface area contributed by atoms with E-state index in [-0.39, 0.29) is 12.3 Å². The van der Waals surface area contributed by atoms with Gasteiger partial charge in [0.25, 0.3) is 5.92 Å². The molecule has 21 heavy (non-hydrogen) atoms. The summed E-state index contributed by atoms with van der Waals surface area (Å²) in [7, 11) is 0. The fourth-order valence-electron chi connectivity index (χ4n) is 3.33. The van der Waals surface area contributed by atoms with Crippen LogP contribution in [0.25, 0.3) is 0 Å². The number of ether oxygens (including phenoxy) is 1. The standard InChI is InChI=1S/C15H23F2NO3/c1-8-6-10-9(2)18(13(20)21-14(3,4)5)12(19)11(10)7-15(8,16)17/h8-11H,6-7H2,1-5H3/t8-,9+,10+,11+/m0/s1. The summed E-state index contributed by atoms with van der Waals surface area (Å²) in [6.07, 6.45) is -0.948. The Morgan fingerprint density at radius 1 is 1.33 bits per heavy atom. The summed E-state index contributed by atoms with van der Waals surface area (Å²) < 4.78 is 32.9. The lowest BCUT2D eigenvalue weighted by molar-refractivity contribution is -0.141. The van der Waals surface area contributed by atoms with Crippen molar-refractivity contribution in [1.29, 1.82) is 0 Å². The van der Waals surface area contributed by atoms with Gasteiger partial charge in [0.2, 0.25) is 5.91 Å². The third-order valence-electron chi connectivity index (χ3n) is 4.53. The van der Waals surface area contributed by atoms with E-state index in [0.717, 1.165) is 4.90 Å². The first kappa shape index (κ1) is 16.2. The maximum Gasteiger partial charge on any atom is 0.417 e. The van der Waals surface area contributed by atoms with Crippen LogP contribution in [0.4, 0.5) is 13.6 Å². The van der Waals surface area contributed by atoms with Crippen molar-refractivity contribution in [2.24, 2.45) is 17.8 Å². The topological polar surface area (TPSA) is 46.6 Å². The summed E-state index contributed by atoms with van der Waals surface area (Å²) in [5, 5.41) is 0. The van der Waals surface area contributed by atoms with E-state index in [0.29, 0.717) is 0 Å². The molecule has 1 heterocycles. The van der Waals surface area contributed by atoms with Gasteiger partial charge in [0.1, 0.15) is 5.60 Å². The highest BCUT2D eigenvalue weighted by Gasteiger charge is 2.58. The number of alkyl halides is 2. The molecular weight excluding hydrogens is 280 g/mol. The summed E-state index contributed by atoms with van der Waals surface area (Å²) in [5.41, 5.74) is -0.720. The van der Waals surface area contributed by atoms with Crippen LogP contribution in [-0.4, -0.2) is 34.5 Å². The average Bonchev–Trinajstić information content (AvgIpc) is 2.50. The van der Waals surface area contributed by atoms with Crippen molar-refractivity contribution in [3.05, 3.63) is 0 Å². The number of rotatable bonds is 0. The molecule has 0 aromatic rings. The summed E-state index contributed by atoms with van der Waals surface area (Å²) in [6, 6.07) is -0.393. The largest absolute Gasteiger partial charge is 0.443 e. The third-order valence-corrected chi connectivity index (χ3v) is 4.53. The molecule has 0 bridgehead atoms. The second kappa shape index (κ2) is 4.92. The number of carbonyl (C=O) groups is 2. The molecule has 1 aliphatic heterocycles. The summed E-state index contributed by atoms with van der Waals surface area (Å²) in [5.74, 6) is -5.13. The van der Waals surface area contributed by atoms with Crippen molar-refractivity contribution >= 4 is 12.0 Å². The van der Waals surface area contributed by atoms with Gasteiger partial charge in [-0.2, -0.15) is 0 Å². The van der Waals surface area contributed by atoms with E-state index in [1.807, 2.05) is 0 Å². The average molecular weight is 303 g/mol. The van der Waals surface area contributed by atoms with Crippen LogP contribution in [0.1, 0.15) is 47.5 Å². The van der Waals surface area contributed by atoms with Gasteiger partial charge in [-0.3, -0.25) is 4.79 Å². The Balaban J connectivity index is 2.21. The minimum absolute atomic E-state index is 0.209. The number of amides is 2. The van der Waals surface area contributed by atoms with Crippen LogP contribution < -0.4 is 0 Å². The molecule has 6 heteroatoms. The number of hydrogen-bond donors (Lipinski definition) is 0. The third kappa shape index (κ3) is 2.90. The lowest BCUT2D eigenvalue weighted by atomic mass is 9.72.